The lowest BCUT2D eigenvalue weighted by molar-refractivity contribution is -0.217. The number of rotatable bonds is 4. The second-order valence-electron chi connectivity index (χ2n) is 2.74. The number of halogens is 3. The van der Waals surface area contributed by atoms with Crippen molar-refractivity contribution >= 4 is 5.97 Å². The molecule has 0 spiro atoms. The fraction of sp³-hybridized carbons (Fsp3) is 0.857. The van der Waals surface area contributed by atoms with Gasteiger partial charge in [0, 0.05) is 7.11 Å². The maximum Gasteiger partial charge on any atom is 0.414 e. The molecule has 0 radical (unpaired) electrons. The van der Waals surface area contributed by atoms with Crippen molar-refractivity contribution in [1.82, 2.24) is 0 Å². The predicted octanol–water partition coefficient (Wildman–Crippen LogP) is 1.67. The van der Waals surface area contributed by atoms with Crippen molar-refractivity contribution in [2.45, 2.75) is 25.6 Å². The van der Waals surface area contributed by atoms with E-state index in [0.717, 1.165) is 7.11 Å². The van der Waals surface area contributed by atoms with Gasteiger partial charge in [-0.05, 0) is 6.42 Å². The molecule has 0 aromatic heterocycles. The Hall–Kier alpha value is -0.780. The van der Waals surface area contributed by atoms with Gasteiger partial charge in [-0.15, -0.1) is 0 Å². The van der Waals surface area contributed by atoms with Gasteiger partial charge in [-0.1, -0.05) is 6.92 Å². The van der Waals surface area contributed by atoms with Crippen molar-refractivity contribution in [2.24, 2.45) is 5.92 Å². The lowest BCUT2D eigenvalue weighted by atomic mass is 10.0. The highest BCUT2D eigenvalue weighted by Gasteiger charge is 2.41. The average Bonchev–Trinajstić information content (AvgIpc) is 1.96. The Morgan fingerprint density at radius 3 is 2.23 bits per heavy atom. The summed E-state index contributed by atoms with van der Waals surface area (Å²) in [5, 5.41) is 8.37. The summed E-state index contributed by atoms with van der Waals surface area (Å²) in [6, 6.07) is 0. The summed E-state index contributed by atoms with van der Waals surface area (Å²) in [6.07, 6.45) is -7.06. The van der Waals surface area contributed by atoms with Crippen molar-refractivity contribution < 1.29 is 27.8 Å². The molecule has 6 heteroatoms. The van der Waals surface area contributed by atoms with Crippen molar-refractivity contribution in [3.05, 3.63) is 0 Å². The van der Waals surface area contributed by atoms with E-state index in [0.29, 0.717) is 0 Å². The van der Waals surface area contributed by atoms with Crippen molar-refractivity contribution in [3.63, 3.8) is 0 Å². The molecule has 1 N–H and O–H groups in total. The van der Waals surface area contributed by atoms with E-state index >= 15 is 0 Å². The number of hydrogen-bond acceptors (Lipinski definition) is 2. The molecule has 0 aromatic carbocycles. The molecule has 13 heavy (non-hydrogen) atoms. The Morgan fingerprint density at radius 1 is 1.54 bits per heavy atom. The summed E-state index contributed by atoms with van der Waals surface area (Å²) >= 11 is 0. The second-order valence-corrected chi connectivity index (χ2v) is 2.74. The summed E-state index contributed by atoms with van der Waals surface area (Å²) in [4.78, 5) is 10.3. The number of aliphatic carboxylic acids is 1. The van der Waals surface area contributed by atoms with Crippen molar-refractivity contribution in [1.29, 1.82) is 0 Å². The highest BCUT2D eigenvalue weighted by atomic mass is 19.4. The largest absolute Gasteiger partial charge is 0.481 e. The standard InChI is InChI=1S/C7H11F3O3/c1-4(6(11)12)3-5(13-2)7(8,9)10/h4-5H,3H2,1-2H3,(H,11,12). The quantitative estimate of drug-likeness (QED) is 0.750. The first-order valence-corrected chi connectivity index (χ1v) is 3.61. The first-order chi connectivity index (χ1) is 5.79. The van der Waals surface area contributed by atoms with E-state index in [1.807, 2.05) is 0 Å². The molecule has 0 rings (SSSR count). The Kier molecular flexibility index (Phi) is 4.19. The summed E-state index contributed by atoms with van der Waals surface area (Å²) in [6.45, 7) is 1.21. The predicted molar refractivity (Wildman–Crippen MR) is 38.3 cm³/mol. The molecule has 0 bridgehead atoms. The lowest BCUT2D eigenvalue weighted by Gasteiger charge is -2.20. The van der Waals surface area contributed by atoms with E-state index < -0.39 is 30.6 Å². The molecular formula is C7H11F3O3. The third-order valence-corrected chi connectivity index (χ3v) is 1.64. The number of alkyl halides is 3. The molecule has 0 heterocycles. The Labute approximate surface area is 73.5 Å². The highest BCUT2D eigenvalue weighted by Crippen LogP contribution is 2.27. The molecule has 0 aliphatic carbocycles. The van der Waals surface area contributed by atoms with E-state index in [2.05, 4.69) is 4.74 Å². The van der Waals surface area contributed by atoms with Crippen LogP contribution in [0.3, 0.4) is 0 Å². The first-order valence-electron chi connectivity index (χ1n) is 3.61. The van der Waals surface area contributed by atoms with Gasteiger partial charge in [0.2, 0.25) is 0 Å². The topological polar surface area (TPSA) is 46.5 Å². The van der Waals surface area contributed by atoms with Gasteiger partial charge < -0.3 is 9.84 Å². The number of carbonyl (C=O) groups is 1. The van der Waals surface area contributed by atoms with Crippen molar-refractivity contribution in [3.8, 4) is 0 Å². The minimum absolute atomic E-state index is 0.560. The molecule has 0 aliphatic heterocycles. The van der Waals surface area contributed by atoms with E-state index in [1.54, 1.807) is 0 Å². The summed E-state index contributed by atoms with van der Waals surface area (Å²) in [5.41, 5.74) is 0. The Morgan fingerprint density at radius 2 is 2.00 bits per heavy atom. The van der Waals surface area contributed by atoms with Gasteiger partial charge in [-0.3, -0.25) is 4.79 Å². The number of carboxylic acids is 1. The van der Waals surface area contributed by atoms with Crippen LogP contribution in [0, 0.1) is 5.92 Å². The van der Waals surface area contributed by atoms with Gasteiger partial charge in [0.1, 0.15) is 0 Å². The van der Waals surface area contributed by atoms with Crippen LogP contribution in [0.15, 0.2) is 0 Å². The lowest BCUT2D eigenvalue weighted by Crippen LogP contribution is -2.33. The second kappa shape index (κ2) is 4.45. The van der Waals surface area contributed by atoms with Gasteiger partial charge in [0.25, 0.3) is 0 Å². The maximum absolute atomic E-state index is 12.0. The number of methoxy groups -OCH3 is 1. The monoisotopic (exact) mass is 200 g/mol. The van der Waals surface area contributed by atoms with Crippen LogP contribution in [0.5, 0.6) is 0 Å². The van der Waals surface area contributed by atoms with Crippen LogP contribution in [-0.2, 0) is 9.53 Å². The van der Waals surface area contributed by atoms with Gasteiger partial charge >= 0.3 is 12.1 Å². The van der Waals surface area contributed by atoms with Crippen LogP contribution in [0.2, 0.25) is 0 Å². The molecule has 0 aromatic rings. The van der Waals surface area contributed by atoms with E-state index in [-0.39, 0.29) is 0 Å². The molecule has 78 valence electrons. The highest BCUT2D eigenvalue weighted by molar-refractivity contribution is 5.69. The molecule has 0 fully saturated rings. The smallest absolute Gasteiger partial charge is 0.414 e. The molecule has 2 unspecified atom stereocenters. The van der Waals surface area contributed by atoms with Crippen LogP contribution < -0.4 is 0 Å². The van der Waals surface area contributed by atoms with Gasteiger partial charge in [-0.25, -0.2) is 0 Å². The van der Waals surface area contributed by atoms with Crippen LogP contribution in [0.25, 0.3) is 0 Å². The molecule has 0 saturated carbocycles. The van der Waals surface area contributed by atoms with Gasteiger partial charge in [0.15, 0.2) is 6.10 Å². The van der Waals surface area contributed by atoms with E-state index in [4.69, 9.17) is 5.11 Å². The summed E-state index contributed by atoms with van der Waals surface area (Å²) in [7, 11) is 0.909. The average molecular weight is 200 g/mol. The third-order valence-electron chi connectivity index (χ3n) is 1.64. The normalized spacial score (nSPS) is 16.7. The maximum atomic E-state index is 12.0. The number of carboxylic acid groups (broad SMARTS) is 1. The molecule has 0 amide bonds. The number of hydrogen-bond donors (Lipinski definition) is 1. The summed E-state index contributed by atoms with van der Waals surface area (Å²) < 4.78 is 40.2. The van der Waals surface area contributed by atoms with E-state index in [9.17, 15) is 18.0 Å². The van der Waals surface area contributed by atoms with Crippen molar-refractivity contribution in [2.75, 3.05) is 7.11 Å². The van der Waals surface area contributed by atoms with Crippen LogP contribution in [-0.4, -0.2) is 30.5 Å². The van der Waals surface area contributed by atoms with Crippen LogP contribution >= 0.6 is 0 Å². The fourth-order valence-electron chi connectivity index (χ4n) is 0.785. The zero-order valence-electron chi connectivity index (χ0n) is 7.26. The zero-order valence-corrected chi connectivity index (χ0v) is 7.26. The SMILES string of the molecule is COC(CC(C)C(=O)O)C(F)(F)F. The minimum Gasteiger partial charge on any atom is -0.481 e. The Bertz CT molecular complexity index is 178. The van der Waals surface area contributed by atoms with Crippen LogP contribution in [0.4, 0.5) is 13.2 Å². The number of ether oxygens (including phenoxy) is 1. The molecule has 0 aliphatic rings. The van der Waals surface area contributed by atoms with Gasteiger partial charge in [-0.2, -0.15) is 13.2 Å². The van der Waals surface area contributed by atoms with E-state index in [1.165, 1.54) is 6.92 Å². The fourth-order valence-corrected chi connectivity index (χ4v) is 0.785. The van der Waals surface area contributed by atoms with Crippen LogP contribution in [0.1, 0.15) is 13.3 Å². The molecule has 0 saturated heterocycles. The molecule has 2 atom stereocenters. The zero-order chi connectivity index (χ0) is 10.6. The minimum atomic E-state index is -4.50. The Balaban J connectivity index is 4.22. The summed E-state index contributed by atoms with van der Waals surface area (Å²) in [5.74, 6) is -2.32. The molecule has 3 nitrogen and oxygen atoms in total. The first kappa shape index (κ1) is 12.2. The van der Waals surface area contributed by atoms with Gasteiger partial charge in [0.05, 0.1) is 5.92 Å². The molecular weight excluding hydrogens is 189 g/mol. The third kappa shape index (κ3) is 4.12.